The predicted octanol–water partition coefficient (Wildman–Crippen LogP) is 3.51. The molecule has 0 spiro atoms. The van der Waals surface area contributed by atoms with Crippen molar-refractivity contribution in [3.05, 3.63) is 70.3 Å². The highest BCUT2D eigenvalue weighted by molar-refractivity contribution is 5.95. The van der Waals surface area contributed by atoms with E-state index in [9.17, 15) is 13.6 Å². The normalized spacial score (nSPS) is 10.4. The molecule has 0 aliphatic heterocycles. The first-order valence-corrected chi connectivity index (χ1v) is 6.28. The van der Waals surface area contributed by atoms with Crippen LogP contribution in [0.25, 0.3) is 0 Å². The molecule has 0 aromatic heterocycles. The molecule has 0 saturated carbocycles. The Bertz CT molecular complexity index is 639. The number of hydrogen-bond donors (Lipinski definition) is 1. The number of carbonyl (C=O) groups excluding carboxylic acids is 1. The SMILES string of the molecule is Cc1cc(C(=O)NCc2ccccc2)c(C)c(F)c1F. The highest BCUT2D eigenvalue weighted by atomic mass is 19.2. The van der Waals surface area contributed by atoms with Crippen LogP contribution in [0.2, 0.25) is 0 Å². The van der Waals surface area contributed by atoms with Crippen LogP contribution in [0.1, 0.15) is 27.0 Å². The Labute approximate surface area is 116 Å². The summed E-state index contributed by atoms with van der Waals surface area (Å²) in [5, 5.41) is 2.70. The average molecular weight is 275 g/mol. The van der Waals surface area contributed by atoms with Crippen molar-refractivity contribution in [1.82, 2.24) is 5.32 Å². The molecular formula is C16H15F2NO. The van der Waals surface area contributed by atoms with Crippen molar-refractivity contribution in [2.75, 3.05) is 0 Å². The van der Waals surface area contributed by atoms with E-state index < -0.39 is 17.5 Å². The summed E-state index contributed by atoms with van der Waals surface area (Å²) in [6.45, 7) is 3.18. The minimum absolute atomic E-state index is 0.0265. The van der Waals surface area contributed by atoms with Crippen molar-refractivity contribution in [2.45, 2.75) is 20.4 Å². The zero-order chi connectivity index (χ0) is 14.7. The summed E-state index contributed by atoms with van der Waals surface area (Å²) in [7, 11) is 0. The van der Waals surface area contributed by atoms with Crippen LogP contribution in [-0.2, 0) is 6.54 Å². The van der Waals surface area contributed by atoms with Crippen molar-refractivity contribution in [3.63, 3.8) is 0 Å². The fourth-order valence-corrected chi connectivity index (χ4v) is 1.95. The van der Waals surface area contributed by atoms with Gasteiger partial charge in [0.15, 0.2) is 11.6 Å². The molecular weight excluding hydrogens is 260 g/mol. The Hall–Kier alpha value is -2.23. The van der Waals surface area contributed by atoms with E-state index in [1.54, 1.807) is 0 Å². The van der Waals surface area contributed by atoms with E-state index in [0.29, 0.717) is 6.54 Å². The van der Waals surface area contributed by atoms with Gasteiger partial charge in [-0.05, 0) is 31.0 Å². The number of benzene rings is 2. The molecule has 0 radical (unpaired) electrons. The molecule has 0 aliphatic rings. The second-order valence-corrected chi connectivity index (χ2v) is 4.66. The number of rotatable bonds is 3. The van der Waals surface area contributed by atoms with E-state index in [-0.39, 0.29) is 16.7 Å². The lowest BCUT2D eigenvalue weighted by Crippen LogP contribution is -2.24. The molecule has 2 rings (SSSR count). The fraction of sp³-hybridized carbons (Fsp3) is 0.188. The molecule has 2 aromatic carbocycles. The molecule has 0 aliphatic carbocycles. The van der Waals surface area contributed by atoms with E-state index >= 15 is 0 Å². The molecule has 4 heteroatoms. The van der Waals surface area contributed by atoms with E-state index in [4.69, 9.17) is 0 Å². The Kier molecular flexibility index (Phi) is 4.13. The lowest BCUT2D eigenvalue weighted by Gasteiger charge is -2.10. The monoisotopic (exact) mass is 275 g/mol. The quantitative estimate of drug-likeness (QED) is 0.912. The van der Waals surface area contributed by atoms with Crippen LogP contribution in [0, 0.1) is 25.5 Å². The van der Waals surface area contributed by atoms with Gasteiger partial charge in [0.2, 0.25) is 0 Å². The van der Waals surface area contributed by atoms with E-state index in [0.717, 1.165) is 5.56 Å². The standard InChI is InChI=1S/C16H15F2NO/c1-10-8-13(11(2)15(18)14(10)17)16(20)19-9-12-6-4-3-5-7-12/h3-8H,9H2,1-2H3,(H,19,20). The number of halogens is 2. The van der Waals surface area contributed by atoms with Gasteiger partial charge in [-0.1, -0.05) is 30.3 Å². The lowest BCUT2D eigenvalue weighted by molar-refractivity contribution is 0.0949. The Balaban J connectivity index is 2.18. The van der Waals surface area contributed by atoms with Gasteiger partial charge in [0.25, 0.3) is 5.91 Å². The molecule has 0 atom stereocenters. The molecule has 2 aromatic rings. The minimum atomic E-state index is -0.963. The van der Waals surface area contributed by atoms with E-state index in [1.807, 2.05) is 30.3 Å². The summed E-state index contributed by atoms with van der Waals surface area (Å²) in [5.41, 5.74) is 1.26. The van der Waals surface area contributed by atoms with Gasteiger partial charge in [-0.2, -0.15) is 0 Å². The third-order valence-corrected chi connectivity index (χ3v) is 3.17. The van der Waals surface area contributed by atoms with Crippen LogP contribution >= 0.6 is 0 Å². The first-order chi connectivity index (χ1) is 9.50. The van der Waals surface area contributed by atoms with Crippen molar-refractivity contribution < 1.29 is 13.6 Å². The maximum Gasteiger partial charge on any atom is 0.251 e. The van der Waals surface area contributed by atoms with Crippen LogP contribution in [0.15, 0.2) is 36.4 Å². The van der Waals surface area contributed by atoms with Gasteiger partial charge in [0, 0.05) is 17.7 Å². The second-order valence-electron chi connectivity index (χ2n) is 4.66. The summed E-state index contributed by atoms with van der Waals surface area (Å²) in [5.74, 6) is -2.27. The summed E-state index contributed by atoms with van der Waals surface area (Å²) in [4.78, 5) is 12.1. The molecule has 104 valence electrons. The van der Waals surface area contributed by atoms with Gasteiger partial charge >= 0.3 is 0 Å². The first kappa shape index (κ1) is 14.2. The molecule has 20 heavy (non-hydrogen) atoms. The number of aryl methyl sites for hydroxylation is 1. The first-order valence-electron chi connectivity index (χ1n) is 6.28. The zero-order valence-corrected chi connectivity index (χ0v) is 11.3. The van der Waals surface area contributed by atoms with Crippen LogP contribution in [0.3, 0.4) is 0 Å². The van der Waals surface area contributed by atoms with E-state index in [1.165, 1.54) is 19.9 Å². The smallest absolute Gasteiger partial charge is 0.251 e. The second kappa shape index (κ2) is 5.82. The number of hydrogen-bond acceptors (Lipinski definition) is 1. The van der Waals surface area contributed by atoms with Gasteiger partial charge in [0.1, 0.15) is 0 Å². The molecule has 1 amide bonds. The molecule has 2 nitrogen and oxygen atoms in total. The third-order valence-electron chi connectivity index (χ3n) is 3.17. The van der Waals surface area contributed by atoms with Gasteiger partial charge < -0.3 is 5.32 Å². The summed E-state index contributed by atoms with van der Waals surface area (Å²) in [6, 6.07) is 10.7. The number of nitrogens with one attached hydrogen (secondary N) is 1. The maximum atomic E-state index is 13.6. The Morgan fingerprint density at radius 1 is 1.10 bits per heavy atom. The van der Waals surface area contributed by atoms with E-state index in [2.05, 4.69) is 5.32 Å². The summed E-state index contributed by atoms with van der Waals surface area (Å²) in [6.07, 6.45) is 0. The number of carbonyl (C=O) groups is 1. The molecule has 0 heterocycles. The molecule has 0 fully saturated rings. The minimum Gasteiger partial charge on any atom is -0.348 e. The highest BCUT2D eigenvalue weighted by Gasteiger charge is 2.17. The number of amides is 1. The fourth-order valence-electron chi connectivity index (χ4n) is 1.95. The maximum absolute atomic E-state index is 13.6. The van der Waals surface area contributed by atoms with Crippen molar-refractivity contribution in [2.24, 2.45) is 0 Å². The van der Waals surface area contributed by atoms with Crippen LogP contribution in [0.5, 0.6) is 0 Å². The van der Waals surface area contributed by atoms with Gasteiger partial charge in [-0.25, -0.2) is 8.78 Å². The molecule has 0 bridgehead atoms. The summed E-state index contributed by atoms with van der Waals surface area (Å²) < 4.78 is 27.0. The van der Waals surface area contributed by atoms with Gasteiger partial charge in [-0.15, -0.1) is 0 Å². The average Bonchev–Trinajstić information content (AvgIpc) is 2.47. The predicted molar refractivity (Wildman–Crippen MR) is 73.4 cm³/mol. The Morgan fingerprint density at radius 3 is 2.40 bits per heavy atom. The topological polar surface area (TPSA) is 29.1 Å². The van der Waals surface area contributed by atoms with Crippen molar-refractivity contribution >= 4 is 5.91 Å². The Morgan fingerprint density at radius 2 is 1.75 bits per heavy atom. The lowest BCUT2D eigenvalue weighted by atomic mass is 10.0. The summed E-state index contributed by atoms with van der Waals surface area (Å²) >= 11 is 0. The molecule has 0 saturated heterocycles. The van der Waals surface area contributed by atoms with Crippen molar-refractivity contribution in [1.29, 1.82) is 0 Å². The zero-order valence-electron chi connectivity index (χ0n) is 11.3. The van der Waals surface area contributed by atoms with Crippen molar-refractivity contribution in [3.8, 4) is 0 Å². The largest absolute Gasteiger partial charge is 0.348 e. The van der Waals surface area contributed by atoms with Crippen LogP contribution < -0.4 is 5.32 Å². The molecule has 1 N–H and O–H groups in total. The molecule has 0 unspecified atom stereocenters. The van der Waals surface area contributed by atoms with Crippen LogP contribution in [-0.4, -0.2) is 5.91 Å². The van der Waals surface area contributed by atoms with Gasteiger partial charge in [0.05, 0.1) is 0 Å². The highest BCUT2D eigenvalue weighted by Crippen LogP contribution is 2.19. The third kappa shape index (κ3) is 2.85. The van der Waals surface area contributed by atoms with Gasteiger partial charge in [-0.3, -0.25) is 4.79 Å². The van der Waals surface area contributed by atoms with Crippen LogP contribution in [0.4, 0.5) is 8.78 Å².